The lowest BCUT2D eigenvalue weighted by atomic mass is 10.0. The van der Waals surface area contributed by atoms with E-state index in [0.717, 1.165) is 25.7 Å². The van der Waals surface area contributed by atoms with E-state index < -0.39 is 12.6 Å². The van der Waals surface area contributed by atoms with Gasteiger partial charge >= 0.3 is 6.18 Å². The zero-order valence-corrected chi connectivity index (χ0v) is 12.8. The van der Waals surface area contributed by atoms with E-state index in [0.29, 0.717) is 22.5 Å². The molecule has 3 nitrogen and oxygen atoms in total. The lowest BCUT2D eigenvalue weighted by molar-refractivity contribution is -0.128. The summed E-state index contributed by atoms with van der Waals surface area (Å²) in [6.07, 6.45) is -1.21. The zero-order chi connectivity index (χ0) is 14.8. The van der Waals surface area contributed by atoms with E-state index in [1.54, 1.807) is 0 Å². The average molecular weight is 352 g/mol. The molecule has 0 saturated heterocycles. The molecule has 1 aliphatic rings. The monoisotopic (exact) mass is 351 g/mol. The maximum atomic E-state index is 12.6. The van der Waals surface area contributed by atoms with Gasteiger partial charge in [0.05, 0.1) is 10.2 Å². The predicted molar refractivity (Wildman–Crippen MR) is 74.9 cm³/mol. The summed E-state index contributed by atoms with van der Waals surface area (Å²) in [5.74, 6) is 0.541. The molecule has 0 unspecified atom stereocenters. The molecule has 1 aromatic heterocycles. The fourth-order valence-corrected chi connectivity index (χ4v) is 3.17. The highest BCUT2D eigenvalue weighted by Crippen LogP contribution is 2.39. The first-order valence-corrected chi connectivity index (χ1v) is 7.57. The summed E-state index contributed by atoms with van der Waals surface area (Å²) in [6.45, 7) is 2.48. The van der Waals surface area contributed by atoms with Crippen LogP contribution in [-0.4, -0.2) is 22.7 Å². The summed E-state index contributed by atoms with van der Waals surface area (Å²) in [7, 11) is 0. The number of halogens is 4. The molecule has 1 N–H and O–H groups in total. The van der Waals surface area contributed by atoms with E-state index in [4.69, 9.17) is 0 Å². The highest BCUT2D eigenvalue weighted by atomic mass is 79.9. The van der Waals surface area contributed by atoms with Crippen LogP contribution in [0.2, 0.25) is 0 Å². The van der Waals surface area contributed by atoms with Crippen LogP contribution < -0.4 is 5.32 Å². The number of alkyl halides is 3. The van der Waals surface area contributed by atoms with Crippen LogP contribution in [0.4, 0.5) is 19.0 Å². The minimum Gasteiger partial charge on any atom is -0.369 e. The van der Waals surface area contributed by atoms with E-state index in [1.165, 1.54) is 0 Å². The second-order valence-electron chi connectivity index (χ2n) is 4.99. The van der Waals surface area contributed by atoms with E-state index in [1.807, 2.05) is 6.92 Å². The van der Waals surface area contributed by atoms with Crippen molar-refractivity contribution in [1.82, 2.24) is 9.97 Å². The molecular formula is C13H17BrF3N3. The molecule has 0 atom stereocenters. The molecule has 1 saturated carbocycles. The molecule has 0 radical (unpaired) electrons. The summed E-state index contributed by atoms with van der Waals surface area (Å²) in [4.78, 5) is 8.15. The summed E-state index contributed by atoms with van der Waals surface area (Å²) in [5, 5.41) is 3.00. The lowest BCUT2D eigenvalue weighted by Gasteiger charge is -2.16. The Kier molecular flexibility index (Phi) is 4.88. The van der Waals surface area contributed by atoms with Crippen LogP contribution in [-0.2, 0) is 6.42 Å². The van der Waals surface area contributed by atoms with E-state index in [-0.39, 0.29) is 11.7 Å². The van der Waals surface area contributed by atoms with Crippen LogP contribution in [0.3, 0.4) is 0 Å². The lowest BCUT2D eigenvalue weighted by Crippen LogP contribution is -2.17. The molecule has 0 bridgehead atoms. The Morgan fingerprint density at radius 1 is 1.25 bits per heavy atom. The fraction of sp³-hybridized carbons (Fsp3) is 0.692. The number of anilines is 1. The first-order valence-electron chi connectivity index (χ1n) is 6.77. The van der Waals surface area contributed by atoms with Crippen LogP contribution in [0.1, 0.15) is 50.0 Å². The topological polar surface area (TPSA) is 37.8 Å². The first kappa shape index (κ1) is 15.5. The van der Waals surface area contributed by atoms with Gasteiger partial charge in [0.25, 0.3) is 0 Å². The number of aromatic nitrogens is 2. The van der Waals surface area contributed by atoms with Gasteiger partial charge in [-0.3, -0.25) is 0 Å². The van der Waals surface area contributed by atoms with Gasteiger partial charge in [-0.25, -0.2) is 9.97 Å². The maximum absolute atomic E-state index is 12.6. The molecule has 7 heteroatoms. The zero-order valence-electron chi connectivity index (χ0n) is 11.2. The Labute approximate surface area is 124 Å². The second-order valence-corrected chi connectivity index (χ2v) is 5.78. The van der Waals surface area contributed by atoms with Crippen molar-refractivity contribution in [3.05, 3.63) is 16.0 Å². The summed E-state index contributed by atoms with van der Waals surface area (Å²) < 4.78 is 38.4. The molecule has 1 heterocycles. The second kappa shape index (κ2) is 6.28. The minimum absolute atomic E-state index is 0.154. The quantitative estimate of drug-likeness (QED) is 0.871. The minimum atomic E-state index is -4.29. The number of hydrogen-bond donors (Lipinski definition) is 1. The molecule has 1 aliphatic carbocycles. The highest BCUT2D eigenvalue weighted by Gasteiger charge is 2.31. The van der Waals surface area contributed by atoms with Crippen molar-refractivity contribution < 1.29 is 13.2 Å². The Bertz CT molecular complexity index is 471. The van der Waals surface area contributed by atoms with Crippen molar-refractivity contribution in [2.24, 2.45) is 0 Å². The summed E-state index contributed by atoms with van der Waals surface area (Å²) in [6, 6.07) is 0. The molecule has 1 fully saturated rings. The Morgan fingerprint density at radius 2 is 1.90 bits per heavy atom. The smallest absolute Gasteiger partial charge is 0.369 e. The Morgan fingerprint density at radius 3 is 2.45 bits per heavy atom. The first-order chi connectivity index (χ1) is 9.40. The molecular weight excluding hydrogens is 335 g/mol. The van der Waals surface area contributed by atoms with Gasteiger partial charge in [0.15, 0.2) is 0 Å². The average Bonchev–Trinajstić information content (AvgIpc) is 2.85. The number of rotatable bonds is 4. The molecule has 1 aromatic rings. The summed E-state index contributed by atoms with van der Waals surface area (Å²) in [5.41, 5.74) is 0.715. The largest absolute Gasteiger partial charge is 0.396 e. The third-order valence-electron chi connectivity index (χ3n) is 3.37. The third kappa shape index (κ3) is 3.84. The van der Waals surface area contributed by atoms with Gasteiger partial charge in [-0.1, -0.05) is 12.8 Å². The fourth-order valence-electron chi connectivity index (χ4n) is 2.53. The molecule has 0 aliphatic heterocycles. The van der Waals surface area contributed by atoms with Crippen molar-refractivity contribution in [3.8, 4) is 0 Å². The van der Waals surface area contributed by atoms with Crippen molar-refractivity contribution in [2.75, 3.05) is 11.9 Å². The van der Waals surface area contributed by atoms with Crippen LogP contribution in [0.15, 0.2) is 4.47 Å². The Hall–Kier alpha value is -0.850. The van der Waals surface area contributed by atoms with E-state index in [2.05, 4.69) is 31.2 Å². The number of nitrogens with one attached hydrogen (secondary N) is 1. The van der Waals surface area contributed by atoms with Crippen LogP contribution in [0.25, 0.3) is 0 Å². The van der Waals surface area contributed by atoms with Crippen molar-refractivity contribution in [3.63, 3.8) is 0 Å². The van der Waals surface area contributed by atoms with Gasteiger partial charge in [0.1, 0.15) is 18.1 Å². The van der Waals surface area contributed by atoms with Gasteiger partial charge in [-0.2, -0.15) is 13.2 Å². The predicted octanol–water partition coefficient (Wildman–Crippen LogP) is 4.43. The van der Waals surface area contributed by atoms with Gasteiger partial charge in [0.2, 0.25) is 0 Å². The number of hydrogen-bond acceptors (Lipinski definition) is 3. The molecule has 20 heavy (non-hydrogen) atoms. The van der Waals surface area contributed by atoms with Crippen molar-refractivity contribution in [1.29, 1.82) is 0 Å². The van der Waals surface area contributed by atoms with Gasteiger partial charge < -0.3 is 5.32 Å². The van der Waals surface area contributed by atoms with Gasteiger partial charge in [0, 0.05) is 12.5 Å². The van der Waals surface area contributed by atoms with Crippen LogP contribution >= 0.6 is 15.9 Å². The Balaban J connectivity index is 2.37. The maximum Gasteiger partial charge on any atom is 0.396 e. The molecule has 112 valence electrons. The number of nitrogens with zero attached hydrogens (tertiary/aromatic N) is 2. The SMILES string of the molecule is CCNc1nc(CC(F)(F)F)nc(C2CCCC2)c1Br. The standard InChI is InChI=1S/C13H17BrF3N3/c1-2-18-12-10(14)11(8-5-3-4-6-8)19-9(20-12)7-13(15,16)17/h8H,2-7H2,1H3,(H,18,19,20). The molecule has 0 spiro atoms. The third-order valence-corrected chi connectivity index (χ3v) is 4.15. The molecule has 2 rings (SSSR count). The van der Waals surface area contributed by atoms with Crippen LogP contribution in [0.5, 0.6) is 0 Å². The van der Waals surface area contributed by atoms with Gasteiger partial charge in [-0.15, -0.1) is 0 Å². The van der Waals surface area contributed by atoms with E-state index >= 15 is 0 Å². The van der Waals surface area contributed by atoms with Crippen molar-refractivity contribution in [2.45, 2.75) is 51.1 Å². The molecule has 0 amide bonds. The molecule has 0 aromatic carbocycles. The normalized spacial score (nSPS) is 16.6. The summed E-state index contributed by atoms with van der Waals surface area (Å²) >= 11 is 3.44. The van der Waals surface area contributed by atoms with E-state index in [9.17, 15) is 13.2 Å². The highest BCUT2D eigenvalue weighted by molar-refractivity contribution is 9.10. The van der Waals surface area contributed by atoms with Crippen LogP contribution in [0, 0.1) is 0 Å². The van der Waals surface area contributed by atoms with Crippen molar-refractivity contribution >= 4 is 21.7 Å². The van der Waals surface area contributed by atoms with Gasteiger partial charge in [-0.05, 0) is 35.7 Å².